The highest BCUT2D eigenvalue weighted by molar-refractivity contribution is 6.51. The number of carbonyl (C=O) groups excluding carboxylic acids is 2. The monoisotopic (exact) mass is 551 g/mol. The summed E-state index contributed by atoms with van der Waals surface area (Å²) < 4.78 is 45.6. The fourth-order valence-electron chi connectivity index (χ4n) is 4.79. The number of rotatable bonds is 9. The highest BCUT2D eigenvalue weighted by Crippen LogP contribution is 2.45. The van der Waals surface area contributed by atoms with Gasteiger partial charge in [-0.05, 0) is 73.4 Å². The molecule has 1 saturated heterocycles. The van der Waals surface area contributed by atoms with Crippen LogP contribution in [-0.4, -0.2) is 37.1 Å². The SMILES string of the molecule is CCOc1cc(C2/C(=C(\O)c3ccc(OCC)c(C(C)C)c3)C(=O)C(=O)N2c2ccc(F)cc2F)ccc1OC. The van der Waals surface area contributed by atoms with Gasteiger partial charge < -0.3 is 19.3 Å². The van der Waals surface area contributed by atoms with Gasteiger partial charge in [-0.3, -0.25) is 14.5 Å². The van der Waals surface area contributed by atoms with Gasteiger partial charge in [-0.2, -0.15) is 0 Å². The van der Waals surface area contributed by atoms with Crippen LogP contribution in [0.3, 0.4) is 0 Å². The summed E-state index contributed by atoms with van der Waals surface area (Å²) >= 11 is 0. The van der Waals surface area contributed by atoms with Crippen LogP contribution >= 0.6 is 0 Å². The van der Waals surface area contributed by atoms with Crippen LogP contribution in [0.2, 0.25) is 0 Å². The Morgan fingerprint density at radius 3 is 2.23 bits per heavy atom. The third-order valence-electron chi connectivity index (χ3n) is 6.62. The molecule has 1 amide bonds. The van der Waals surface area contributed by atoms with Gasteiger partial charge in [-0.15, -0.1) is 0 Å². The molecular weight excluding hydrogens is 520 g/mol. The van der Waals surface area contributed by atoms with Gasteiger partial charge >= 0.3 is 0 Å². The zero-order valence-electron chi connectivity index (χ0n) is 23.0. The molecule has 3 aromatic carbocycles. The lowest BCUT2D eigenvalue weighted by atomic mass is 9.93. The number of aliphatic hydroxyl groups is 1. The Kier molecular flexibility index (Phi) is 8.42. The standard InChI is InChI=1S/C31H31F2NO6/c1-6-39-24-12-9-19(14-21(24)17(3)4)29(35)27-28(18-8-13-25(38-5)26(15-18)40-7-2)34(31(37)30(27)36)23-11-10-20(32)16-22(23)33/h8-17,28,35H,6-7H2,1-5H3/b29-27+. The number of ketones is 1. The number of methoxy groups -OCH3 is 1. The van der Waals surface area contributed by atoms with Crippen LogP contribution in [0.4, 0.5) is 14.5 Å². The molecule has 40 heavy (non-hydrogen) atoms. The van der Waals surface area contributed by atoms with E-state index in [2.05, 4.69) is 0 Å². The maximum Gasteiger partial charge on any atom is 0.300 e. The Morgan fingerprint density at radius 1 is 0.925 bits per heavy atom. The number of anilines is 1. The van der Waals surface area contributed by atoms with Crippen LogP contribution in [-0.2, 0) is 9.59 Å². The topological polar surface area (TPSA) is 85.3 Å². The number of hydrogen-bond acceptors (Lipinski definition) is 6. The van der Waals surface area contributed by atoms with E-state index < -0.39 is 35.1 Å². The van der Waals surface area contributed by atoms with Crippen LogP contribution in [0.15, 0.2) is 60.2 Å². The van der Waals surface area contributed by atoms with Crippen LogP contribution in [0, 0.1) is 11.6 Å². The highest BCUT2D eigenvalue weighted by Gasteiger charge is 2.48. The maximum atomic E-state index is 15.0. The number of carbonyl (C=O) groups is 2. The summed E-state index contributed by atoms with van der Waals surface area (Å²) in [5.74, 6) is -3.00. The summed E-state index contributed by atoms with van der Waals surface area (Å²) in [6, 6.07) is 11.2. The van der Waals surface area contributed by atoms with Crippen LogP contribution in [0.1, 0.15) is 56.3 Å². The van der Waals surface area contributed by atoms with Crippen molar-refractivity contribution < 1.29 is 37.7 Å². The molecule has 1 fully saturated rings. The molecule has 0 bridgehead atoms. The summed E-state index contributed by atoms with van der Waals surface area (Å²) in [7, 11) is 1.47. The minimum atomic E-state index is -1.25. The van der Waals surface area contributed by atoms with Gasteiger partial charge in [-0.25, -0.2) is 8.78 Å². The summed E-state index contributed by atoms with van der Waals surface area (Å²) in [6.07, 6.45) is 0. The van der Waals surface area contributed by atoms with Crippen molar-refractivity contribution in [2.45, 2.75) is 39.7 Å². The minimum Gasteiger partial charge on any atom is -0.507 e. The normalized spacial score (nSPS) is 16.5. The molecule has 4 rings (SSSR count). The van der Waals surface area contributed by atoms with Gasteiger partial charge in [-0.1, -0.05) is 19.9 Å². The van der Waals surface area contributed by atoms with E-state index in [1.165, 1.54) is 7.11 Å². The van der Waals surface area contributed by atoms with Gasteiger partial charge in [0, 0.05) is 11.6 Å². The number of halogens is 2. The molecule has 3 aromatic rings. The fourth-order valence-corrected chi connectivity index (χ4v) is 4.79. The predicted molar refractivity (Wildman–Crippen MR) is 147 cm³/mol. The summed E-state index contributed by atoms with van der Waals surface area (Å²) in [5.41, 5.74) is 0.873. The molecule has 7 nitrogen and oxygen atoms in total. The number of Topliss-reactive ketones (excluding diaryl/α,β-unsaturated/α-hetero) is 1. The van der Waals surface area contributed by atoms with E-state index in [-0.39, 0.29) is 22.7 Å². The molecule has 9 heteroatoms. The van der Waals surface area contributed by atoms with Gasteiger partial charge in [0.25, 0.3) is 11.7 Å². The van der Waals surface area contributed by atoms with Crippen molar-refractivity contribution in [3.05, 3.63) is 88.5 Å². The van der Waals surface area contributed by atoms with E-state index in [0.29, 0.717) is 42.1 Å². The maximum absolute atomic E-state index is 15.0. The molecule has 210 valence electrons. The van der Waals surface area contributed by atoms with Crippen molar-refractivity contribution in [2.75, 3.05) is 25.2 Å². The molecule has 1 aliphatic rings. The molecule has 1 aliphatic heterocycles. The second-order valence-electron chi connectivity index (χ2n) is 9.45. The van der Waals surface area contributed by atoms with E-state index in [1.54, 1.807) is 43.3 Å². The number of hydrogen-bond donors (Lipinski definition) is 1. The molecule has 0 spiro atoms. The van der Waals surface area contributed by atoms with Crippen molar-refractivity contribution in [2.24, 2.45) is 0 Å². The van der Waals surface area contributed by atoms with Crippen molar-refractivity contribution >= 4 is 23.1 Å². The van der Waals surface area contributed by atoms with E-state index in [0.717, 1.165) is 22.6 Å². The lowest BCUT2D eigenvalue weighted by molar-refractivity contribution is -0.132. The molecule has 1 N–H and O–H groups in total. The molecule has 0 aromatic heterocycles. The van der Waals surface area contributed by atoms with Gasteiger partial charge in [0.1, 0.15) is 23.1 Å². The third-order valence-corrected chi connectivity index (χ3v) is 6.62. The van der Waals surface area contributed by atoms with E-state index in [4.69, 9.17) is 14.2 Å². The first-order valence-electron chi connectivity index (χ1n) is 13.0. The molecule has 0 aliphatic carbocycles. The molecule has 0 radical (unpaired) electrons. The number of aliphatic hydroxyl groups excluding tert-OH is 1. The first-order chi connectivity index (χ1) is 19.1. The summed E-state index contributed by atoms with van der Waals surface area (Å²) in [6.45, 7) is 8.31. The van der Waals surface area contributed by atoms with Crippen molar-refractivity contribution in [3.8, 4) is 17.2 Å². The smallest absolute Gasteiger partial charge is 0.300 e. The lowest BCUT2D eigenvalue weighted by Gasteiger charge is -2.26. The van der Waals surface area contributed by atoms with E-state index >= 15 is 4.39 Å². The zero-order valence-corrected chi connectivity index (χ0v) is 23.0. The Hall–Kier alpha value is -4.40. The lowest BCUT2D eigenvalue weighted by Crippen LogP contribution is -2.30. The Morgan fingerprint density at radius 2 is 1.60 bits per heavy atom. The Balaban J connectivity index is 1.99. The van der Waals surface area contributed by atoms with Gasteiger partial charge in [0.05, 0.1) is 37.6 Å². The molecule has 1 heterocycles. The molecule has 1 unspecified atom stereocenters. The minimum absolute atomic E-state index is 0.0242. The fraction of sp³-hybridized carbons (Fsp3) is 0.290. The average molecular weight is 552 g/mol. The second kappa shape index (κ2) is 11.8. The summed E-state index contributed by atoms with van der Waals surface area (Å²) in [4.78, 5) is 27.8. The quantitative estimate of drug-likeness (QED) is 0.185. The van der Waals surface area contributed by atoms with E-state index in [9.17, 15) is 19.1 Å². The first kappa shape index (κ1) is 28.6. The number of ether oxygens (including phenoxy) is 3. The Labute approximate surface area is 231 Å². The third kappa shape index (κ3) is 5.23. The number of nitrogens with zero attached hydrogens (tertiary/aromatic N) is 1. The largest absolute Gasteiger partial charge is 0.507 e. The zero-order chi connectivity index (χ0) is 29.1. The molecule has 0 saturated carbocycles. The first-order valence-corrected chi connectivity index (χ1v) is 13.0. The predicted octanol–water partition coefficient (Wildman–Crippen LogP) is 6.52. The Bertz CT molecular complexity index is 1480. The second-order valence-corrected chi connectivity index (χ2v) is 9.45. The van der Waals surface area contributed by atoms with Crippen LogP contribution < -0.4 is 19.1 Å². The van der Waals surface area contributed by atoms with Crippen LogP contribution in [0.5, 0.6) is 17.2 Å². The average Bonchev–Trinajstić information content (AvgIpc) is 3.18. The highest BCUT2D eigenvalue weighted by atomic mass is 19.1. The van der Waals surface area contributed by atoms with E-state index in [1.807, 2.05) is 20.8 Å². The van der Waals surface area contributed by atoms with Crippen LogP contribution in [0.25, 0.3) is 5.76 Å². The van der Waals surface area contributed by atoms with Crippen molar-refractivity contribution in [1.29, 1.82) is 0 Å². The van der Waals surface area contributed by atoms with Gasteiger partial charge in [0.2, 0.25) is 0 Å². The number of amides is 1. The summed E-state index contributed by atoms with van der Waals surface area (Å²) in [5, 5.41) is 11.5. The molecular formula is C31H31F2NO6. The van der Waals surface area contributed by atoms with Crippen molar-refractivity contribution in [1.82, 2.24) is 0 Å². The van der Waals surface area contributed by atoms with Gasteiger partial charge in [0.15, 0.2) is 11.5 Å². The molecule has 1 atom stereocenters. The van der Waals surface area contributed by atoms with Crippen molar-refractivity contribution in [3.63, 3.8) is 0 Å². The number of benzene rings is 3.